The Hall–Kier alpha value is -0.610. The molecule has 1 heterocycles. The van der Waals surface area contributed by atoms with Crippen molar-refractivity contribution in [3.8, 4) is 0 Å². The predicted molar refractivity (Wildman–Crippen MR) is 53.1 cm³/mol. The van der Waals surface area contributed by atoms with Crippen LogP contribution in [0.2, 0.25) is 0 Å². The van der Waals surface area contributed by atoms with E-state index in [0.29, 0.717) is 6.54 Å². The Labute approximate surface area is 85.0 Å². The summed E-state index contributed by atoms with van der Waals surface area (Å²) in [5.41, 5.74) is 0. The van der Waals surface area contributed by atoms with Gasteiger partial charge >= 0.3 is 0 Å². The first-order valence-corrected chi connectivity index (χ1v) is 5.18. The van der Waals surface area contributed by atoms with Gasteiger partial charge in [-0.3, -0.25) is 4.79 Å². The fourth-order valence-corrected chi connectivity index (χ4v) is 1.33. The summed E-state index contributed by atoms with van der Waals surface area (Å²) in [6.07, 6.45) is 2.45. The van der Waals surface area contributed by atoms with E-state index in [1.807, 2.05) is 13.8 Å². The third-order valence-corrected chi connectivity index (χ3v) is 2.10. The number of hydrogen-bond donors (Lipinski definition) is 1. The Morgan fingerprint density at radius 3 is 3.00 bits per heavy atom. The summed E-state index contributed by atoms with van der Waals surface area (Å²) in [5.74, 6) is -0.0609. The van der Waals surface area contributed by atoms with Crippen molar-refractivity contribution in [2.75, 3.05) is 19.8 Å². The number of rotatable bonds is 5. The van der Waals surface area contributed by atoms with E-state index in [4.69, 9.17) is 9.47 Å². The average Bonchev–Trinajstić information content (AvgIpc) is 2.63. The number of carbonyl (C=O) groups is 1. The number of hydrogen-bond acceptors (Lipinski definition) is 3. The molecular formula is C10H19NO3. The number of amides is 1. The van der Waals surface area contributed by atoms with Crippen LogP contribution in [0.15, 0.2) is 0 Å². The van der Waals surface area contributed by atoms with Crippen LogP contribution in [-0.2, 0) is 14.3 Å². The molecule has 1 rings (SSSR count). The normalized spacial score (nSPS) is 21.5. The lowest BCUT2D eigenvalue weighted by atomic mass is 10.2. The Morgan fingerprint density at radius 1 is 1.64 bits per heavy atom. The molecule has 0 aromatic carbocycles. The molecule has 1 atom stereocenters. The summed E-state index contributed by atoms with van der Waals surface area (Å²) in [6.45, 7) is 5.40. The summed E-state index contributed by atoms with van der Waals surface area (Å²) in [7, 11) is 0. The average molecular weight is 201 g/mol. The highest BCUT2D eigenvalue weighted by Gasteiger charge is 2.15. The number of carbonyl (C=O) groups excluding carboxylic acids is 1. The van der Waals surface area contributed by atoms with E-state index in [9.17, 15) is 4.79 Å². The van der Waals surface area contributed by atoms with Gasteiger partial charge in [-0.25, -0.2) is 0 Å². The number of ether oxygens (including phenoxy) is 2. The van der Waals surface area contributed by atoms with Gasteiger partial charge < -0.3 is 14.8 Å². The molecule has 82 valence electrons. The lowest BCUT2D eigenvalue weighted by Crippen LogP contribution is -2.34. The highest BCUT2D eigenvalue weighted by molar-refractivity contribution is 5.77. The maximum absolute atomic E-state index is 11.2. The topological polar surface area (TPSA) is 47.6 Å². The molecule has 0 bridgehead atoms. The maximum atomic E-state index is 11.2. The molecule has 0 radical (unpaired) electrons. The van der Waals surface area contributed by atoms with Crippen molar-refractivity contribution in [3.63, 3.8) is 0 Å². The van der Waals surface area contributed by atoms with E-state index in [2.05, 4.69) is 5.32 Å². The molecule has 4 heteroatoms. The molecule has 0 aromatic rings. The lowest BCUT2D eigenvalue weighted by Gasteiger charge is -2.11. The van der Waals surface area contributed by atoms with Gasteiger partial charge in [0.2, 0.25) is 5.91 Å². The highest BCUT2D eigenvalue weighted by Crippen LogP contribution is 2.10. The first kappa shape index (κ1) is 11.5. The minimum atomic E-state index is -0.0609. The van der Waals surface area contributed by atoms with Crippen molar-refractivity contribution in [3.05, 3.63) is 0 Å². The Bertz CT molecular complexity index is 176. The molecule has 1 amide bonds. The maximum Gasteiger partial charge on any atom is 0.246 e. The second-order valence-electron chi connectivity index (χ2n) is 3.80. The molecule has 1 unspecified atom stereocenters. The molecule has 1 N–H and O–H groups in total. The standard InChI is InChI=1S/C10H19NO3/c1-8(2)14-7-10(12)11-6-9-4-3-5-13-9/h8-9H,3-7H2,1-2H3,(H,11,12). The van der Waals surface area contributed by atoms with Crippen molar-refractivity contribution < 1.29 is 14.3 Å². The smallest absolute Gasteiger partial charge is 0.246 e. The molecule has 1 fully saturated rings. The molecule has 1 saturated heterocycles. The molecule has 1 aliphatic rings. The Kier molecular flexibility index (Phi) is 4.90. The molecule has 0 aliphatic carbocycles. The third-order valence-electron chi connectivity index (χ3n) is 2.10. The van der Waals surface area contributed by atoms with E-state index >= 15 is 0 Å². The van der Waals surface area contributed by atoms with E-state index in [0.717, 1.165) is 19.4 Å². The zero-order chi connectivity index (χ0) is 10.4. The van der Waals surface area contributed by atoms with Crippen LogP contribution in [0.5, 0.6) is 0 Å². The fraction of sp³-hybridized carbons (Fsp3) is 0.900. The summed E-state index contributed by atoms with van der Waals surface area (Å²) < 4.78 is 10.5. The third kappa shape index (κ3) is 4.58. The van der Waals surface area contributed by atoms with Gasteiger partial charge in [0.25, 0.3) is 0 Å². The lowest BCUT2D eigenvalue weighted by molar-refractivity contribution is -0.127. The minimum Gasteiger partial charge on any atom is -0.376 e. The van der Waals surface area contributed by atoms with Crippen LogP contribution < -0.4 is 5.32 Å². The minimum absolute atomic E-state index is 0.0609. The Balaban J connectivity index is 2.02. The van der Waals surface area contributed by atoms with E-state index < -0.39 is 0 Å². The second-order valence-corrected chi connectivity index (χ2v) is 3.80. The van der Waals surface area contributed by atoms with Gasteiger partial charge in [-0.2, -0.15) is 0 Å². The molecule has 4 nitrogen and oxygen atoms in total. The molecule has 1 aliphatic heterocycles. The van der Waals surface area contributed by atoms with Gasteiger partial charge in [0.15, 0.2) is 0 Å². The van der Waals surface area contributed by atoms with Crippen molar-refractivity contribution in [2.24, 2.45) is 0 Å². The first-order valence-electron chi connectivity index (χ1n) is 5.18. The van der Waals surface area contributed by atoms with Gasteiger partial charge in [-0.05, 0) is 26.7 Å². The van der Waals surface area contributed by atoms with Crippen LogP contribution in [0.25, 0.3) is 0 Å². The van der Waals surface area contributed by atoms with E-state index in [1.165, 1.54) is 0 Å². The zero-order valence-corrected chi connectivity index (χ0v) is 8.91. The Morgan fingerprint density at radius 2 is 2.43 bits per heavy atom. The van der Waals surface area contributed by atoms with Crippen molar-refractivity contribution in [1.82, 2.24) is 5.32 Å². The van der Waals surface area contributed by atoms with Gasteiger partial charge in [-0.15, -0.1) is 0 Å². The molecule has 0 aromatic heterocycles. The van der Waals surface area contributed by atoms with Crippen LogP contribution in [-0.4, -0.2) is 37.9 Å². The molecule has 0 saturated carbocycles. The first-order chi connectivity index (χ1) is 6.68. The quantitative estimate of drug-likeness (QED) is 0.712. The zero-order valence-electron chi connectivity index (χ0n) is 8.91. The van der Waals surface area contributed by atoms with E-state index in [1.54, 1.807) is 0 Å². The van der Waals surface area contributed by atoms with Crippen LogP contribution in [0.3, 0.4) is 0 Å². The highest BCUT2D eigenvalue weighted by atomic mass is 16.5. The van der Waals surface area contributed by atoms with Crippen molar-refractivity contribution >= 4 is 5.91 Å². The van der Waals surface area contributed by atoms with Crippen LogP contribution in [0, 0.1) is 0 Å². The van der Waals surface area contributed by atoms with E-state index in [-0.39, 0.29) is 24.7 Å². The summed E-state index contributed by atoms with van der Waals surface area (Å²) in [6, 6.07) is 0. The van der Waals surface area contributed by atoms with Crippen molar-refractivity contribution in [2.45, 2.75) is 38.9 Å². The van der Waals surface area contributed by atoms with Crippen LogP contribution in [0.1, 0.15) is 26.7 Å². The fourth-order valence-electron chi connectivity index (χ4n) is 1.33. The van der Waals surface area contributed by atoms with Gasteiger partial charge in [-0.1, -0.05) is 0 Å². The largest absolute Gasteiger partial charge is 0.376 e. The second kappa shape index (κ2) is 5.98. The van der Waals surface area contributed by atoms with Crippen LogP contribution >= 0.6 is 0 Å². The molecular weight excluding hydrogens is 182 g/mol. The SMILES string of the molecule is CC(C)OCC(=O)NCC1CCCO1. The molecule has 14 heavy (non-hydrogen) atoms. The van der Waals surface area contributed by atoms with Gasteiger partial charge in [0, 0.05) is 13.2 Å². The summed E-state index contributed by atoms with van der Waals surface area (Å²) in [5, 5.41) is 2.79. The van der Waals surface area contributed by atoms with Crippen LogP contribution in [0.4, 0.5) is 0 Å². The summed E-state index contributed by atoms with van der Waals surface area (Å²) >= 11 is 0. The summed E-state index contributed by atoms with van der Waals surface area (Å²) in [4.78, 5) is 11.2. The molecule has 0 spiro atoms. The van der Waals surface area contributed by atoms with Gasteiger partial charge in [0.05, 0.1) is 12.2 Å². The van der Waals surface area contributed by atoms with Gasteiger partial charge in [0.1, 0.15) is 6.61 Å². The number of nitrogens with one attached hydrogen (secondary N) is 1. The predicted octanol–water partition coefficient (Wildman–Crippen LogP) is 0.707. The monoisotopic (exact) mass is 201 g/mol. The van der Waals surface area contributed by atoms with Crippen molar-refractivity contribution in [1.29, 1.82) is 0 Å².